The SMILES string of the molecule is CCCCN1CCC(OC)CC1. The van der Waals surface area contributed by atoms with Crippen molar-refractivity contribution in [3.05, 3.63) is 0 Å². The van der Waals surface area contributed by atoms with Crippen LogP contribution >= 0.6 is 0 Å². The Hall–Kier alpha value is -0.0800. The molecule has 0 bridgehead atoms. The lowest BCUT2D eigenvalue weighted by Crippen LogP contribution is -2.37. The van der Waals surface area contributed by atoms with E-state index in [1.807, 2.05) is 7.11 Å². The van der Waals surface area contributed by atoms with Crippen molar-refractivity contribution in [2.45, 2.75) is 38.7 Å². The predicted octanol–water partition coefficient (Wildman–Crippen LogP) is 1.90. The molecule has 0 saturated carbocycles. The third-order valence-corrected chi connectivity index (χ3v) is 2.70. The van der Waals surface area contributed by atoms with Crippen LogP contribution in [0.4, 0.5) is 0 Å². The van der Waals surface area contributed by atoms with Gasteiger partial charge in [0.1, 0.15) is 0 Å². The molecule has 0 amide bonds. The van der Waals surface area contributed by atoms with Gasteiger partial charge in [-0.05, 0) is 25.8 Å². The lowest BCUT2D eigenvalue weighted by Gasteiger charge is -2.30. The third-order valence-electron chi connectivity index (χ3n) is 2.70. The van der Waals surface area contributed by atoms with E-state index >= 15 is 0 Å². The number of likely N-dealkylation sites (tertiary alicyclic amines) is 1. The zero-order chi connectivity index (χ0) is 8.81. The maximum atomic E-state index is 5.32. The molecule has 1 aliphatic rings. The van der Waals surface area contributed by atoms with E-state index in [4.69, 9.17) is 4.74 Å². The van der Waals surface area contributed by atoms with E-state index < -0.39 is 0 Å². The van der Waals surface area contributed by atoms with Crippen LogP contribution in [0.3, 0.4) is 0 Å². The van der Waals surface area contributed by atoms with Gasteiger partial charge in [0.05, 0.1) is 6.10 Å². The van der Waals surface area contributed by atoms with Crippen LogP contribution in [0.1, 0.15) is 32.6 Å². The van der Waals surface area contributed by atoms with Crippen molar-refractivity contribution in [2.24, 2.45) is 0 Å². The molecular weight excluding hydrogens is 150 g/mol. The van der Waals surface area contributed by atoms with Gasteiger partial charge in [0, 0.05) is 20.2 Å². The lowest BCUT2D eigenvalue weighted by molar-refractivity contribution is 0.0408. The van der Waals surface area contributed by atoms with Gasteiger partial charge in [-0.25, -0.2) is 0 Å². The maximum absolute atomic E-state index is 5.32. The van der Waals surface area contributed by atoms with Crippen LogP contribution in [0.25, 0.3) is 0 Å². The van der Waals surface area contributed by atoms with E-state index in [-0.39, 0.29) is 0 Å². The Kier molecular flexibility index (Phi) is 4.62. The number of rotatable bonds is 4. The molecule has 2 nitrogen and oxygen atoms in total. The van der Waals surface area contributed by atoms with Crippen LogP contribution in [0.2, 0.25) is 0 Å². The molecule has 0 aromatic rings. The fourth-order valence-corrected chi connectivity index (χ4v) is 1.75. The fraction of sp³-hybridized carbons (Fsp3) is 1.00. The summed E-state index contributed by atoms with van der Waals surface area (Å²) in [6.07, 6.45) is 5.63. The molecule has 0 aromatic heterocycles. The molecule has 0 spiro atoms. The van der Waals surface area contributed by atoms with Crippen molar-refractivity contribution in [2.75, 3.05) is 26.7 Å². The summed E-state index contributed by atoms with van der Waals surface area (Å²) in [5.74, 6) is 0. The summed E-state index contributed by atoms with van der Waals surface area (Å²) in [6, 6.07) is 0. The average Bonchev–Trinajstić information content (AvgIpc) is 2.15. The van der Waals surface area contributed by atoms with Gasteiger partial charge in [0.15, 0.2) is 0 Å². The Bertz CT molecular complexity index is 108. The van der Waals surface area contributed by atoms with Gasteiger partial charge in [-0.15, -0.1) is 0 Å². The molecule has 0 unspecified atom stereocenters. The minimum atomic E-state index is 0.530. The largest absolute Gasteiger partial charge is 0.381 e. The summed E-state index contributed by atoms with van der Waals surface area (Å²) >= 11 is 0. The second kappa shape index (κ2) is 5.55. The van der Waals surface area contributed by atoms with Gasteiger partial charge >= 0.3 is 0 Å². The molecule has 1 saturated heterocycles. The van der Waals surface area contributed by atoms with Crippen molar-refractivity contribution < 1.29 is 4.74 Å². The van der Waals surface area contributed by atoms with Crippen molar-refractivity contribution in [1.82, 2.24) is 4.90 Å². The molecule has 1 aliphatic heterocycles. The molecular formula is C10H21NO. The number of methoxy groups -OCH3 is 1. The minimum Gasteiger partial charge on any atom is -0.381 e. The van der Waals surface area contributed by atoms with Crippen LogP contribution in [0.15, 0.2) is 0 Å². The van der Waals surface area contributed by atoms with Gasteiger partial charge in [-0.1, -0.05) is 13.3 Å². The molecule has 72 valence electrons. The second-order valence-electron chi connectivity index (χ2n) is 3.63. The smallest absolute Gasteiger partial charge is 0.0595 e. The van der Waals surface area contributed by atoms with Crippen LogP contribution in [-0.2, 0) is 4.74 Å². The summed E-state index contributed by atoms with van der Waals surface area (Å²) in [5.41, 5.74) is 0. The van der Waals surface area contributed by atoms with E-state index in [0.29, 0.717) is 6.10 Å². The van der Waals surface area contributed by atoms with Crippen molar-refractivity contribution >= 4 is 0 Å². The molecule has 0 atom stereocenters. The van der Waals surface area contributed by atoms with E-state index in [1.54, 1.807) is 0 Å². The topological polar surface area (TPSA) is 12.5 Å². The quantitative estimate of drug-likeness (QED) is 0.640. The summed E-state index contributed by atoms with van der Waals surface area (Å²) < 4.78 is 5.32. The number of hydrogen-bond acceptors (Lipinski definition) is 2. The molecule has 1 rings (SSSR count). The Morgan fingerprint density at radius 1 is 1.33 bits per heavy atom. The Labute approximate surface area is 75.9 Å². The summed E-state index contributed by atoms with van der Waals surface area (Å²) in [7, 11) is 1.83. The van der Waals surface area contributed by atoms with E-state index in [0.717, 1.165) is 0 Å². The number of nitrogens with zero attached hydrogens (tertiary/aromatic N) is 1. The maximum Gasteiger partial charge on any atom is 0.0595 e. The number of hydrogen-bond donors (Lipinski definition) is 0. The first-order valence-electron chi connectivity index (χ1n) is 5.12. The molecule has 12 heavy (non-hydrogen) atoms. The van der Waals surface area contributed by atoms with Gasteiger partial charge in [-0.2, -0.15) is 0 Å². The number of ether oxygens (including phenoxy) is 1. The average molecular weight is 171 g/mol. The standard InChI is InChI=1S/C10H21NO/c1-3-4-7-11-8-5-10(12-2)6-9-11/h10H,3-9H2,1-2H3. The minimum absolute atomic E-state index is 0.530. The third kappa shape index (κ3) is 3.11. The molecule has 0 N–H and O–H groups in total. The first-order valence-corrected chi connectivity index (χ1v) is 5.12. The highest BCUT2D eigenvalue weighted by Crippen LogP contribution is 2.12. The zero-order valence-electron chi connectivity index (χ0n) is 8.38. The molecule has 2 heteroatoms. The summed E-state index contributed by atoms with van der Waals surface area (Å²) in [6.45, 7) is 6.01. The molecule has 0 radical (unpaired) electrons. The molecule has 1 heterocycles. The Morgan fingerprint density at radius 2 is 2.00 bits per heavy atom. The molecule has 1 fully saturated rings. The summed E-state index contributed by atoms with van der Waals surface area (Å²) in [4.78, 5) is 2.55. The van der Waals surface area contributed by atoms with Crippen molar-refractivity contribution in [3.63, 3.8) is 0 Å². The summed E-state index contributed by atoms with van der Waals surface area (Å²) in [5, 5.41) is 0. The Morgan fingerprint density at radius 3 is 2.50 bits per heavy atom. The molecule has 0 aliphatic carbocycles. The highest BCUT2D eigenvalue weighted by Gasteiger charge is 2.17. The number of piperidine rings is 1. The second-order valence-corrected chi connectivity index (χ2v) is 3.63. The number of unbranched alkanes of at least 4 members (excludes halogenated alkanes) is 1. The monoisotopic (exact) mass is 171 g/mol. The van der Waals surface area contributed by atoms with Gasteiger partial charge in [-0.3, -0.25) is 0 Å². The van der Waals surface area contributed by atoms with Gasteiger partial charge in [0.2, 0.25) is 0 Å². The van der Waals surface area contributed by atoms with Crippen molar-refractivity contribution in [1.29, 1.82) is 0 Å². The molecule has 0 aromatic carbocycles. The Balaban J connectivity index is 2.09. The first-order chi connectivity index (χ1) is 5.86. The van der Waals surface area contributed by atoms with E-state index in [1.165, 1.54) is 45.3 Å². The van der Waals surface area contributed by atoms with Crippen LogP contribution in [0.5, 0.6) is 0 Å². The van der Waals surface area contributed by atoms with Gasteiger partial charge in [0.25, 0.3) is 0 Å². The van der Waals surface area contributed by atoms with Crippen LogP contribution < -0.4 is 0 Å². The van der Waals surface area contributed by atoms with E-state index in [9.17, 15) is 0 Å². The highest BCUT2D eigenvalue weighted by molar-refractivity contribution is 4.71. The van der Waals surface area contributed by atoms with Crippen LogP contribution in [0, 0.1) is 0 Å². The predicted molar refractivity (Wildman–Crippen MR) is 51.4 cm³/mol. The van der Waals surface area contributed by atoms with Gasteiger partial charge < -0.3 is 9.64 Å². The van der Waals surface area contributed by atoms with E-state index in [2.05, 4.69) is 11.8 Å². The lowest BCUT2D eigenvalue weighted by atomic mass is 10.1. The zero-order valence-corrected chi connectivity index (χ0v) is 8.38. The first kappa shape index (κ1) is 10.0. The highest BCUT2D eigenvalue weighted by atomic mass is 16.5. The fourth-order valence-electron chi connectivity index (χ4n) is 1.75. The normalized spacial score (nSPS) is 21.5. The van der Waals surface area contributed by atoms with Crippen molar-refractivity contribution in [3.8, 4) is 0 Å². The van der Waals surface area contributed by atoms with Crippen LogP contribution in [-0.4, -0.2) is 37.7 Å².